The molecule has 2 atom stereocenters. The van der Waals surface area contributed by atoms with Gasteiger partial charge in [0.2, 0.25) is 15.9 Å². The second kappa shape index (κ2) is 5.61. The predicted octanol–water partition coefficient (Wildman–Crippen LogP) is 0.894. The largest absolute Gasteiger partial charge is 0.377 e. The lowest BCUT2D eigenvalue weighted by atomic mass is 9.77. The van der Waals surface area contributed by atoms with Gasteiger partial charge in [0.1, 0.15) is 4.90 Å². The van der Waals surface area contributed by atoms with Crippen LogP contribution in [-0.2, 0) is 20.2 Å². The number of ether oxygens (including phenoxy) is 1. The Hall–Kier alpha value is -1.84. The van der Waals surface area contributed by atoms with E-state index in [0.29, 0.717) is 37.7 Å². The first-order valence-corrected chi connectivity index (χ1v) is 9.29. The fourth-order valence-corrected chi connectivity index (χ4v) is 5.05. The van der Waals surface area contributed by atoms with E-state index in [1.54, 1.807) is 25.3 Å². The van der Waals surface area contributed by atoms with E-state index in [1.807, 2.05) is 0 Å². The summed E-state index contributed by atoms with van der Waals surface area (Å²) >= 11 is 0. The predicted molar refractivity (Wildman–Crippen MR) is 82.7 cm³/mol. The Kier molecular flexibility index (Phi) is 3.66. The minimum Gasteiger partial charge on any atom is -0.377 e. The molecule has 8 nitrogen and oxygen atoms in total. The van der Waals surface area contributed by atoms with Crippen molar-refractivity contribution in [3.05, 3.63) is 36.2 Å². The summed E-state index contributed by atoms with van der Waals surface area (Å²) < 4.78 is 38.6. The van der Waals surface area contributed by atoms with Gasteiger partial charge >= 0.3 is 0 Å². The molecule has 2 saturated heterocycles. The molecular weight excluding hydrogens is 332 g/mol. The lowest BCUT2D eigenvalue weighted by Crippen LogP contribution is -2.54. The van der Waals surface area contributed by atoms with Gasteiger partial charge in [-0.05, 0) is 31.9 Å². The minimum absolute atomic E-state index is 0.0994. The first-order chi connectivity index (χ1) is 11.5. The van der Waals surface area contributed by atoms with Gasteiger partial charge in [-0.3, -0.25) is 4.98 Å². The van der Waals surface area contributed by atoms with Gasteiger partial charge in [-0.15, -0.1) is 0 Å². The summed E-state index contributed by atoms with van der Waals surface area (Å²) in [5.74, 6) is 1.01. The molecule has 2 aliphatic rings. The van der Waals surface area contributed by atoms with Crippen molar-refractivity contribution in [3.8, 4) is 0 Å². The molecule has 0 spiro atoms. The van der Waals surface area contributed by atoms with Gasteiger partial charge in [-0.1, -0.05) is 5.16 Å². The van der Waals surface area contributed by atoms with Crippen molar-refractivity contribution in [2.24, 2.45) is 0 Å². The van der Waals surface area contributed by atoms with Crippen molar-refractivity contribution in [2.75, 3.05) is 19.7 Å². The molecule has 0 radical (unpaired) electrons. The molecule has 9 heteroatoms. The SMILES string of the molecule is Cc1noc([C@@]23CCO[C@@H]2CCN(S(=O)(=O)c2cccnc2)C3)n1. The zero-order valence-corrected chi connectivity index (χ0v) is 14.1. The van der Waals surface area contributed by atoms with Crippen LogP contribution in [0.5, 0.6) is 0 Å². The molecule has 0 aliphatic carbocycles. The Morgan fingerprint density at radius 3 is 3.00 bits per heavy atom. The molecule has 24 heavy (non-hydrogen) atoms. The van der Waals surface area contributed by atoms with Gasteiger partial charge in [-0.2, -0.15) is 9.29 Å². The molecule has 2 fully saturated rings. The Labute approximate surface area is 139 Å². The van der Waals surface area contributed by atoms with E-state index in [2.05, 4.69) is 15.1 Å². The van der Waals surface area contributed by atoms with Crippen LogP contribution in [0.2, 0.25) is 0 Å². The second-order valence-electron chi connectivity index (χ2n) is 6.23. The number of hydrogen-bond acceptors (Lipinski definition) is 7. The summed E-state index contributed by atoms with van der Waals surface area (Å²) in [6.45, 7) is 2.99. The Balaban J connectivity index is 1.71. The third-order valence-electron chi connectivity index (χ3n) is 4.81. The average Bonchev–Trinajstić information content (AvgIpc) is 3.21. The zero-order valence-electron chi connectivity index (χ0n) is 13.3. The van der Waals surface area contributed by atoms with E-state index in [9.17, 15) is 8.42 Å². The Morgan fingerprint density at radius 1 is 1.42 bits per heavy atom. The third-order valence-corrected chi connectivity index (χ3v) is 6.64. The highest BCUT2D eigenvalue weighted by Gasteiger charge is 2.54. The van der Waals surface area contributed by atoms with Crippen LogP contribution in [0.3, 0.4) is 0 Å². The van der Waals surface area contributed by atoms with Crippen molar-refractivity contribution in [1.82, 2.24) is 19.4 Å². The van der Waals surface area contributed by atoms with E-state index in [1.165, 1.54) is 10.5 Å². The van der Waals surface area contributed by atoms with Gasteiger partial charge in [0, 0.05) is 32.1 Å². The summed E-state index contributed by atoms with van der Waals surface area (Å²) in [7, 11) is -3.61. The van der Waals surface area contributed by atoms with Crippen LogP contribution >= 0.6 is 0 Å². The summed E-state index contributed by atoms with van der Waals surface area (Å²) in [5.41, 5.74) is -0.575. The molecule has 2 aliphatic heterocycles. The van der Waals surface area contributed by atoms with Gasteiger partial charge in [0.25, 0.3) is 0 Å². The number of hydrogen-bond donors (Lipinski definition) is 0. The van der Waals surface area contributed by atoms with Crippen LogP contribution in [0, 0.1) is 6.92 Å². The first kappa shape index (κ1) is 15.7. The van der Waals surface area contributed by atoms with Crippen LogP contribution in [0.4, 0.5) is 0 Å². The topological polar surface area (TPSA) is 98.4 Å². The molecule has 0 bridgehead atoms. The number of fused-ring (bicyclic) bond motifs is 1. The number of piperidine rings is 1. The maximum Gasteiger partial charge on any atom is 0.244 e. The van der Waals surface area contributed by atoms with Gasteiger partial charge in [0.05, 0.1) is 11.5 Å². The van der Waals surface area contributed by atoms with E-state index in [-0.39, 0.29) is 17.5 Å². The van der Waals surface area contributed by atoms with Gasteiger partial charge in [-0.25, -0.2) is 8.42 Å². The number of rotatable bonds is 3. The number of aromatic nitrogens is 3. The molecule has 0 N–H and O–H groups in total. The first-order valence-electron chi connectivity index (χ1n) is 7.85. The fourth-order valence-electron chi connectivity index (χ4n) is 3.56. The maximum atomic E-state index is 12.9. The molecule has 128 valence electrons. The van der Waals surface area contributed by atoms with E-state index >= 15 is 0 Å². The van der Waals surface area contributed by atoms with Crippen LogP contribution in [-0.4, -0.2) is 53.6 Å². The molecule has 0 saturated carbocycles. The van der Waals surface area contributed by atoms with E-state index in [4.69, 9.17) is 9.26 Å². The molecule has 0 unspecified atom stereocenters. The van der Waals surface area contributed by atoms with Crippen molar-refractivity contribution in [2.45, 2.75) is 36.2 Å². The molecular formula is C15H18N4O4S. The number of pyridine rings is 1. The maximum absolute atomic E-state index is 12.9. The lowest BCUT2D eigenvalue weighted by molar-refractivity contribution is 0.0276. The number of aryl methyl sites for hydroxylation is 1. The highest BCUT2D eigenvalue weighted by atomic mass is 32.2. The minimum atomic E-state index is -3.61. The average molecular weight is 350 g/mol. The Bertz CT molecular complexity index is 838. The Morgan fingerprint density at radius 2 is 2.29 bits per heavy atom. The van der Waals surface area contributed by atoms with Crippen LogP contribution in [0.1, 0.15) is 24.6 Å². The molecule has 2 aromatic rings. The highest BCUT2D eigenvalue weighted by Crippen LogP contribution is 2.43. The summed E-state index contributed by atoms with van der Waals surface area (Å²) in [6, 6.07) is 3.18. The molecule has 0 amide bonds. The standard InChI is InChI=1S/C15H18N4O4S/c1-11-17-14(23-18-11)15-5-8-22-13(15)4-7-19(10-15)24(20,21)12-3-2-6-16-9-12/h2-3,6,9,13H,4-5,7-8,10H2,1H3/t13-,15-/m1/s1. The highest BCUT2D eigenvalue weighted by molar-refractivity contribution is 7.89. The number of sulfonamides is 1. The van der Waals surface area contributed by atoms with Crippen molar-refractivity contribution in [1.29, 1.82) is 0 Å². The molecule has 2 aromatic heterocycles. The molecule has 4 rings (SSSR count). The normalized spacial score (nSPS) is 28.0. The van der Waals surface area contributed by atoms with Crippen molar-refractivity contribution >= 4 is 10.0 Å². The van der Waals surface area contributed by atoms with Crippen LogP contribution in [0.15, 0.2) is 33.9 Å². The van der Waals surface area contributed by atoms with Crippen molar-refractivity contribution in [3.63, 3.8) is 0 Å². The zero-order chi connectivity index (χ0) is 16.8. The van der Waals surface area contributed by atoms with E-state index in [0.717, 1.165) is 0 Å². The van der Waals surface area contributed by atoms with Crippen molar-refractivity contribution < 1.29 is 17.7 Å². The number of nitrogens with zero attached hydrogens (tertiary/aromatic N) is 4. The van der Waals surface area contributed by atoms with Gasteiger partial charge < -0.3 is 9.26 Å². The van der Waals surface area contributed by atoms with E-state index < -0.39 is 15.4 Å². The second-order valence-corrected chi connectivity index (χ2v) is 8.17. The summed E-state index contributed by atoms with van der Waals surface area (Å²) in [4.78, 5) is 8.48. The summed E-state index contributed by atoms with van der Waals surface area (Å²) in [6.07, 6.45) is 4.09. The molecule has 4 heterocycles. The quantitative estimate of drug-likeness (QED) is 0.811. The van der Waals surface area contributed by atoms with Crippen LogP contribution < -0.4 is 0 Å². The van der Waals surface area contributed by atoms with Crippen LogP contribution in [0.25, 0.3) is 0 Å². The summed E-state index contributed by atoms with van der Waals surface area (Å²) in [5, 5.41) is 3.87. The fraction of sp³-hybridized carbons (Fsp3) is 0.533. The molecule has 0 aromatic carbocycles. The third kappa shape index (κ3) is 2.35. The monoisotopic (exact) mass is 350 g/mol. The van der Waals surface area contributed by atoms with Gasteiger partial charge in [0.15, 0.2) is 5.82 Å². The lowest BCUT2D eigenvalue weighted by Gasteiger charge is -2.40. The smallest absolute Gasteiger partial charge is 0.244 e.